The van der Waals surface area contributed by atoms with Gasteiger partial charge in [-0.3, -0.25) is 4.79 Å². The first-order valence-electron chi connectivity index (χ1n) is 13.9. The summed E-state index contributed by atoms with van der Waals surface area (Å²) in [5, 5.41) is 3.68. The lowest BCUT2D eigenvalue weighted by Crippen LogP contribution is -2.55. The lowest BCUT2D eigenvalue weighted by molar-refractivity contribution is -0.143. The van der Waals surface area contributed by atoms with E-state index in [1.54, 1.807) is 0 Å². The maximum Gasteiger partial charge on any atom is 0.228 e. The molecule has 0 unspecified atom stereocenters. The number of likely N-dealkylation sites (tertiary alicyclic amines) is 1. The third-order valence-electron chi connectivity index (χ3n) is 9.77. The van der Waals surface area contributed by atoms with Crippen LogP contribution in [0, 0.1) is 11.8 Å². The molecule has 2 heterocycles. The Bertz CT molecular complexity index is 998. The van der Waals surface area contributed by atoms with Gasteiger partial charge in [0.2, 0.25) is 5.91 Å². The fraction of sp³-hybridized carbons (Fsp3) is 0.581. The largest absolute Gasteiger partial charge is 0.339 e. The van der Waals surface area contributed by atoms with E-state index in [-0.39, 0.29) is 11.3 Å². The van der Waals surface area contributed by atoms with E-state index in [9.17, 15) is 4.79 Å². The topological polar surface area (TPSA) is 32.3 Å². The summed E-state index contributed by atoms with van der Waals surface area (Å²) in [4.78, 5) is 16.9. The van der Waals surface area contributed by atoms with Crippen molar-refractivity contribution in [2.75, 3.05) is 19.6 Å². The molecule has 2 aromatic rings. The fourth-order valence-corrected chi connectivity index (χ4v) is 8.05. The van der Waals surface area contributed by atoms with Crippen LogP contribution in [0.3, 0.4) is 0 Å². The summed E-state index contributed by atoms with van der Waals surface area (Å²) in [5.74, 6) is 1.79. The van der Waals surface area contributed by atoms with Crippen molar-refractivity contribution in [2.45, 2.75) is 81.6 Å². The van der Waals surface area contributed by atoms with Gasteiger partial charge in [0, 0.05) is 31.1 Å². The molecule has 0 aromatic heterocycles. The van der Waals surface area contributed by atoms with E-state index in [1.807, 2.05) is 0 Å². The average molecular weight is 457 g/mol. The Labute approximate surface area is 205 Å². The Kier molecular flexibility index (Phi) is 6.24. The van der Waals surface area contributed by atoms with Gasteiger partial charge in [0.25, 0.3) is 0 Å². The number of benzene rings is 2. The lowest BCUT2D eigenvalue weighted by Gasteiger charge is -2.48. The standard InChI is InChI=1S/C31H40N2O/c34-30(28-21-32-22-31(28)18-9-15-24-12-7-8-16-27(24)31)33-19-17-26(23-10-3-1-4-11-23)20-29(33)25-13-5-2-6-14-25/h1,3-4,7-8,10-12,16,25-26,28-29,32H,2,5-6,9,13-15,17-22H2/t26-,28-,29+,31-/m0/s1. The monoisotopic (exact) mass is 456 g/mol. The van der Waals surface area contributed by atoms with Crippen molar-refractivity contribution in [1.82, 2.24) is 10.2 Å². The minimum Gasteiger partial charge on any atom is -0.339 e. The number of piperidine rings is 1. The van der Waals surface area contributed by atoms with Gasteiger partial charge in [-0.1, -0.05) is 73.9 Å². The molecule has 6 rings (SSSR count). The van der Waals surface area contributed by atoms with Crippen LogP contribution < -0.4 is 5.32 Å². The minimum absolute atomic E-state index is 0.0146. The molecule has 1 N–H and O–H groups in total. The maximum absolute atomic E-state index is 14.5. The minimum atomic E-state index is -0.0146. The van der Waals surface area contributed by atoms with Crippen LogP contribution in [-0.2, 0) is 16.6 Å². The zero-order valence-electron chi connectivity index (χ0n) is 20.6. The maximum atomic E-state index is 14.5. The Balaban J connectivity index is 1.30. The molecule has 2 aromatic carbocycles. The average Bonchev–Trinajstić information content (AvgIpc) is 3.33. The van der Waals surface area contributed by atoms with E-state index >= 15 is 0 Å². The van der Waals surface area contributed by atoms with Gasteiger partial charge in [-0.05, 0) is 73.5 Å². The summed E-state index contributed by atoms with van der Waals surface area (Å²) in [7, 11) is 0. The highest BCUT2D eigenvalue weighted by Gasteiger charge is 2.52. The second kappa shape index (κ2) is 9.49. The van der Waals surface area contributed by atoms with Crippen molar-refractivity contribution in [3.63, 3.8) is 0 Å². The van der Waals surface area contributed by atoms with E-state index < -0.39 is 0 Å². The number of hydrogen-bond donors (Lipinski definition) is 1. The molecule has 1 saturated carbocycles. The van der Waals surface area contributed by atoms with Crippen molar-refractivity contribution >= 4 is 5.91 Å². The molecule has 1 spiro atoms. The van der Waals surface area contributed by atoms with Crippen molar-refractivity contribution in [3.8, 4) is 0 Å². The third-order valence-corrected chi connectivity index (χ3v) is 9.77. The number of rotatable bonds is 3. The fourth-order valence-electron chi connectivity index (χ4n) is 8.05. The summed E-state index contributed by atoms with van der Waals surface area (Å²) in [6.07, 6.45) is 12.4. The molecule has 2 saturated heterocycles. The summed E-state index contributed by atoms with van der Waals surface area (Å²) >= 11 is 0. The van der Waals surface area contributed by atoms with Gasteiger partial charge in [-0.15, -0.1) is 0 Å². The molecule has 0 bridgehead atoms. The molecule has 3 fully saturated rings. The van der Waals surface area contributed by atoms with Gasteiger partial charge in [-0.25, -0.2) is 0 Å². The third kappa shape index (κ3) is 3.90. The van der Waals surface area contributed by atoms with E-state index in [4.69, 9.17) is 0 Å². The quantitative estimate of drug-likeness (QED) is 0.630. The Hall–Kier alpha value is -2.13. The number of nitrogens with zero attached hydrogens (tertiary/aromatic N) is 1. The summed E-state index contributed by atoms with van der Waals surface area (Å²) < 4.78 is 0. The summed E-state index contributed by atoms with van der Waals surface area (Å²) in [6, 6.07) is 20.5. The van der Waals surface area contributed by atoms with Gasteiger partial charge >= 0.3 is 0 Å². The van der Waals surface area contributed by atoms with Crippen molar-refractivity contribution in [2.24, 2.45) is 11.8 Å². The first kappa shape index (κ1) is 22.3. The van der Waals surface area contributed by atoms with Crippen LogP contribution in [0.5, 0.6) is 0 Å². The van der Waals surface area contributed by atoms with Crippen LogP contribution >= 0.6 is 0 Å². The number of fused-ring (bicyclic) bond motifs is 2. The number of aryl methyl sites for hydroxylation is 1. The SMILES string of the molecule is O=C([C@@H]1CNC[C@]12CCCc1ccccc12)N1CC[C@H](c2ccccc2)C[C@@H]1C1CCCCC1. The molecule has 4 aliphatic rings. The number of nitrogens with one attached hydrogen (secondary N) is 1. The second-order valence-corrected chi connectivity index (χ2v) is 11.5. The molecule has 0 radical (unpaired) electrons. The predicted molar refractivity (Wildman–Crippen MR) is 138 cm³/mol. The van der Waals surface area contributed by atoms with Gasteiger partial charge in [0.1, 0.15) is 0 Å². The van der Waals surface area contributed by atoms with E-state index in [0.717, 1.165) is 45.3 Å². The molecule has 2 aliphatic heterocycles. The summed E-state index contributed by atoms with van der Waals surface area (Å²) in [6.45, 7) is 2.71. The molecule has 1 amide bonds. The van der Waals surface area contributed by atoms with E-state index in [1.165, 1.54) is 55.2 Å². The number of hydrogen-bond acceptors (Lipinski definition) is 2. The van der Waals surface area contributed by atoms with Crippen LogP contribution in [0.15, 0.2) is 54.6 Å². The smallest absolute Gasteiger partial charge is 0.228 e. The molecule has 4 atom stereocenters. The van der Waals surface area contributed by atoms with E-state index in [0.29, 0.717) is 23.8 Å². The van der Waals surface area contributed by atoms with Crippen LogP contribution in [0.4, 0.5) is 0 Å². The Morgan fingerprint density at radius 1 is 0.912 bits per heavy atom. The van der Waals surface area contributed by atoms with Gasteiger partial charge < -0.3 is 10.2 Å². The molecule has 3 nitrogen and oxygen atoms in total. The highest BCUT2D eigenvalue weighted by molar-refractivity contribution is 5.82. The lowest BCUT2D eigenvalue weighted by atomic mass is 9.63. The molecule has 180 valence electrons. The first-order valence-corrected chi connectivity index (χ1v) is 13.9. The molecule has 34 heavy (non-hydrogen) atoms. The van der Waals surface area contributed by atoms with Crippen LogP contribution in [-0.4, -0.2) is 36.5 Å². The molecule has 2 aliphatic carbocycles. The van der Waals surface area contributed by atoms with Crippen molar-refractivity contribution in [3.05, 3.63) is 71.3 Å². The van der Waals surface area contributed by atoms with Crippen LogP contribution in [0.25, 0.3) is 0 Å². The molecular weight excluding hydrogens is 416 g/mol. The normalized spacial score (nSPS) is 32.0. The number of carbonyl (C=O) groups is 1. The van der Waals surface area contributed by atoms with E-state index in [2.05, 4.69) is 64.8 Å². The zero-order chi connectivity index (χ0) is 23.0. The number of amides is 1. The predicted octanol–water partition coefficient (Wildman–Crippen LogP) is 5.84. The highest BCUT2D eigenvalue weighted by Crippen LogP contribution is 2.47. The zero-order valence-corrected chi connectivity index (χ0v) is 20.6. The van der Waals surface area contributed by atoms with Crippen LogP contribution in [0.2, 0.25) is 0 Å². The molecular formula is C31H40N2O. The van der Waals surface area contributed by atoms with Crippen molar-refractivity contribution in [1.29, 1.82) is 0 Å². The summed E-state index contributed by atoms with van der Waals surface area (Å²) in [5.41, 5.74) is 4.38. The van der Waals surface area contributed by atoms with Crippen molar-refractivity contribution < 1.29 is 4.79 Å². The number of carbonyl (C=O) groups excluding carboxylic acids is 1. The van der Waals surface area contributed by atoms with Crippen LogP contribution in [0.1, 0.15) is 80.4 Å². The molecule has 3 heteroatoms. The van der Waals surface area contributed by atoms with Gasteiger partial charge in [0.15, 0.2) is 0 Å². The Morgan fingerprint density at radius 2 is 1.71 bits per heavy atom. The van der Waals surface area contributed by atoms with Gasteiger partial charge in [0.05, 0.1) is 5.92 Å². The Morgan fingerprint density at radius 3 is 2.56 bits per heavy atom. The van der Waals surface area contributed by atoms with Gasteiger partial charge in [-0.2, -0.15) is 0 Å². The second-order valence-electron chi connectivity index (χ2n) is 11.5. The first-order chi connectivity index (χ1) is 16.8. The highest BCUT2D eigenvalue weighted by atomic mass is 16.2.